The third-order valence-electron chi connectivity index (χ3n) is 2.67. The monoisotopic (exact) mass is 189 g/mol. The van der Waals surface area contributed by atoms with Crippen molar-refractivity contribution < 1.29 is 5.11 Å². The number of nitriles is 1. The molecule has 1 aromatic carbocycles. The Morgan fingerprint density at radius 2 is 1.86 bits per heavy atom. The van der Waals surface area contributed by atoms with Crippen molar-refractivity contribution in [3.8, 4) is 6.07 Å². The van der Waals surface area contributed by atoms with E-state index in [1.54, 1.807) is 13.8 Å². The predicted octanol–water partition coefficient (Wildman–Crippen LogP) is 2.36. The summed E-state index contributed by atoms with van der Waals surface area (Å²) in [5.41, 5.74) is 0.869. The van der Waals surface area contributed by atoms with Gasteiger partial charge in [0.2, 0.25) is 0 Å². The summed E-state index contributed by atoms with van der Waals surface area (Å²) >= 11 is 0. The van der Waals surface area contributed by atoms with E-state index in [9.17, 15) is 5.11 Å². The summed E-state index contributed by atoms with van der Waals surface area (Å²) in [4.78, 5) is 0. The lowest BCUT2D eigenvalue weighted by Gasteiger charge is -2.26. The average molecular weight is 189 g/mol. The van der Waals surface area contributed by atoms with Crippen molar-refractivity contribution in [2.75, 3.05) is 0 Å². The summed E-state index contributed by atoms with van der Waals surface area (Å²) in [6.45, 7) is 5.39. The minimum Gasteiger partial charge on any atom is -0.384 e. The highest BCUT2D eigenvalue weighted by Crippen LogP contribution is 2.28. The molecule has 1 rings (SSSR count). The van der Waals surface area contributed by atoms with Crippen LogP contribution >= 0.6 is 0 Å². The second-order valence-corrected chi connectivity index (χ2v) is 3.86. The van der Waals surface area contributed by atoms with E-state index in [0.29, 0.717) is 0 Å². The highest BCUT2D eigenvalue weighted by atomic mass is 16.3. The van der Waals surface area contributed by atoms with Crippen molar-refractivity contribution >= 4 is 0 Å². The van der Waals surface area contributed by atoms with Crippen LogP contribution in [0, 0.1) is 24.2 Å². The predicted molar refractivity (Wildman–Crippen MR) is 55.5 cm³/mol. The zero-order valence-corrected chi connectivity index (χ0v) is 8.78. The van der Waals surface area contributed by atoms with Gasteiger partial charge in [-0.25, -0.2) is 0 Å². The molecule has 74 valence electrons. The first kappa shape index (κ1) is 10.7. The summed E-state index contributed by atoms with van der Waals surface area (Å²) < 4.78 is 0. The maximum atomic E-state index is 10.1. The Hall–Kier alpha value is -1.33. The minimum absolute atomic E-state index is 0.412. The van der Waals surface area contributed by atoms with Gasteiger partial charge in [0.1, 0.15) is 5.60 Å². The largest absolute Gasteiger partial charge is 0.384 e. The number of hydrogen-bond acceptors (Lipinski definition) is 2. The SMILES string of the molecule is Cc1ccc(C(C)(O)C(C)C#N)cc1. The molecular formula is C12H15NO. The van der Waals surface area contributed by atoms with Crippen molar-refractivity contribution in [1.82, 2.24) is 0 Å². The molecule has 2 heteroatoms. The lowest BCUT2D eigenvalue weighted by atomic mass is 9.85. The molecular weight excluding hydrogens is 174 g/mol. The molecule has 0 aliphatic carbocycles. The molecule has 1 N–H and O–H groups in total. The van der Waals surface area contributed by atoms with Gasteiger partial charge in [-0.05, 0) is 26.3 Å². The molecule has 2 unspecified atom stereocenters. The van der Waals surface area contributed by atoms with Gasteiger partial charge in [0.15, 0.2) is 0 Å². The molecule has 0 saturated carbocycles. The molecule has 0 spiro atoms. The second kappa shape index (κ2) is 3.81. The Kier molecular flexibility index (Phi) is 2.93. The number of hydrogen-bond donors (Lipinski definition) is 1. The Labute approximate surface area is 84.8 Å². The smallest absolute Gasteiger partial charge is 0.102 e. The number of benzene rings is 1. The van der Waals surface area contributed by atoms with Crippen molar-refractivity contribution in [2.24, 2.45) is 5.92 Å². The van der Waals surface area contributed by atoms with E-state index in [4.69, 9.17) is 5.26 Å². The first-order chi connectivity index (χ1) is 6.48. The molecule has 0 aliphatic rings. The van der Waals surface area contributed by atoms with Crippen LogP contribution in [0.15, 0.2) is 24.3 Å². The van der Waals surface area contributed by atoms with Crippen molar-refractivity contribution in [3.63, 3.8) is 0 Å². The van der Waals surface area contributed by atoms with Gasteiger partial charge in [-0.1, -0.05) is 29.8 Å². The highest BCUT2D eigenvalue weighted by molar-refractivity contribution is 5.27. The molecule has 0 heterocycles. The lowest BCUT2D eigenvalue weighted by molar-refractivity contribution is 0.0232. The van der Waals surface area contributed by atoms with Gasteiger partial charge >= 0.3 is 0 Å². The third kappa shape index (κ3) is 1.94. The van der Waals surface area contributed by atoms with E-state index in [2.05, 4.69) is 6.07 Å². The Balaban J connectivity index is 3.05. The van der Waals surface area contributed by atoms with Crippen molar-refractivity contribution in [2.45, 2.75) is 26.4 Å². The van der Waals surface area contributed by atoms with Gasteiger partial charge in [0, 0.05) is 0 Å². The number of rotatable bonds is 2. The van der Waals surface area contributed by atoms with Crippen LogP contribution in [0.2, 0.25) is 0 Å². The molecule has 0 amide bonds. The minimum atomic E-state index is -1.07. The lowest BCUT2D eigenvalue weighted by Crippen LogP contribution is -2.28. The van der Waals surface area contributed by atoms with E-state index in [0.717, 1.165) is 11.1 Å². The second-order valence-electron chi connectivity index (χ2n) is 3.86. The molecule has 0 aromatic heterocycles. The summed E-state index contributed by atoms with van der Waals surface area (Å²) in [7, 11) is 0. The van der Waals surface area contributed by atoms with Gasteiger partial charge < -0.3 is 5.11 Å². The number of aliphatic hydroxyl groups is 1. The Morgan fingerprint density at radius 1 is 1.36 bits per heavy atom. The number of nitrogens with zero attached hydrogens (tertiary/aromatic N) is 1. The molecule has 14 heavy (non-hydrogen) atoms. The molecule has 2 atom stereocenters. The number of aryl methyl sites for hydroxylation is 1. The molecule has 0 bridgehead atoms. The third-order valence-corrected chi connectivity index (χ3v) is 2.67. The fraction of sp³-hybridized carbons (Fsp3) is 0.417. The topological polar surface area (TPSA) is 44.0 Å². The summed E-state index contributed by atoms with van der Waals surface area (Å²) in [5, 5.41) is 18.9. The van der Waals surface area contributed by atoms with Crippen LogP contribution in [-0.4, -0.2) is 5.11 Å². The zero-order chi connectivity index (χ0) is 10.8. The van der Waals surface area contributed by atoms with Gasteiger partial charge in [-0.2, -0.15) is 5.26 Å². The van der Waals surface area contributed by atoms with Gasteiger partial charge in [-0.15, -0.1) is 0 Å². The summed E-state index contributed by atoms with van der Waals surface area (Å²) in [6, 6.07) is 9.67. The zero-order valence-electron chi connectivity index (χ0n) is 8.78. The van der Waals surface area contributed by atoms with Crippen LogP contribution in [0.1, 0.15) is 25.0 Å². The van der Waals surface area contributed by atoms with Crippen LogP contribution < -0.4 is 0 Å². The van der Waals surface area contributed by atoms with E-state index in [1.807, 2.05) is 31.2 Å². The summed E-state index contributed by atoms with van der Waals surface area (Å²) in [5.74, 6) is -0.412. The fourth-order valence-corrected chi connectivity index (χ4v) is 1.27. The normalized spacial score (nSPS) is 16.8. The quantitative estimate of drug-likeness (QED) is 0.776. The van der Waals surface area contributed by atoms with Gasteiger partial charge in [0.25, 0.3) is 0 Å². The molecule has 0 fully saturated rings. The average Bonchev–Trinajstić information content (AvgIpc) is 2.17. The van der Waals surface area contributed by atoms with E-state index in [-0.39, 0.29) is 0 Å². The molecule has 0 aliphatic heterocycles. The van der Waals surface area contributed by atoms with Crippen LogP contribution in [0.3, 0.4) is 0 Å². The van der Waals surface area contributed by atoms with Crippen LogP contribution in [0.5, 0.6) is 0 Å². The molecule has 2 nitrogen and oxygen atoms in total. The molecule has 0 radical (unpaired) electrons. The molecule has 1 aromatic rings. The van der Waals surface area contributed by atoms with E-state index >= 15 is 0 Å². The van der Waals surface area contributed by atoms with Crippen molar-refractivity contribution in [3.05, 3.63) is 35.4 Å². The standard InChI is InChI=1S/C12H15NO/c1-9-4-6-11(7-5-9)12(3,14)10(2)8-13/h4-7,10,14H,1-3H3. The van der Waals surface area contributed by atoms with Crippen LogP contribution in [-0.2, 0) is 5.60 Å². The van der Waals surface area contributed by atoms with Crippen LogP contribution in [0.4, 0.5) is 0 Å². The maximum absolute atomic E-state index is 10.1. The first-order valence-electron chi connectivity index (χ1n) is 4.67. The maximum Gasteiger partial charge on any atom is 0.102 e. The Morgan fingerprint density at radius 3 is 2.29 bits per heavy atom. The van der Waals surface area contributed by atoms with E-state index < -0.39 is 11.5 Å². The van der Waals surface area contributed by atoms with Crippen LogP contribution in [0.25, 0.3) is 0 Å². The molecule has 0 saturated heterocycles. The van der Waals surface area contributed by atoms with Gasteiger partial charge in [-0.3, -0.25) is 0 Å². The first-order valence-corrected chi connectivity index (χ1v) is 4.67. The summed E-state index contributed by atoms with van der Waals surface area (Å²) in [6.07, 6.45) is 0. The van der Waals surface area contributed by atoms with E-state index in [1.165, 1.54) is 0 Å². The fourth-order valence-electron chi connectivity index (χ4n) is 1.27. The van der Waals surface area contributed by atoms with Crippen molar-refractivity contribution in [1.29, 1.82) is 5.26 Å². The Bertz CT molecular complexity index is 346. The highest BCUT2D eigenvalue weighted by Gasteiger charge is 2.30. The van der Waals surface area contributed by atoms with Gasteiger partial charge in [0.05, 0.1) is 12.0 Å².